The highest BCUT2D eigenvalue weighted by molar-refractivity contribution is 6.17. The first kappa shape index (κ1) is 16.9. The lowest BCUT2D eigenvalue weighted by Gasteiger charge is -2.37. The monoisotopic (exact) mass is 364 g/mol. The molecule has 2 aliphatic carbocycles. The minimum atomic E-state index is -0.273. The fourth-order valence-electron chi connectivity index (χ4n) is 4.70. The van der Waals surface area contributed by atoms with Crippen LogP contribution in [0.2, 0.25) is 0 Å². The number of rotatable bonds is 2. The van der Waals surface area contributed by atoms with E-state index in [0.717, 1.165) is 11.1 Å². The lowest BCUT2D eigenvalue weighted by Crippen LogP contribution is -2.38. The summed E-state index contributed by atoms with van der Waals surface area (Å²) >= 11 is 0. The molecule has 5 rings (SSSR count). The largest absolute Gasteiger partial charge is 0.294 e. The van der Waals surface area contributed by atoms with Crippen molar-refractivity contribution in [1.82, 2.24) is 0 Å². The fourth-order valence-corrected chi connectivity index (χ4v) is 4.70. The molecule has 0 N–H and O–H groups in total. The van der Waals surface area contributed by atoms with Crippen LogP contribution in [0, 0.1) is 11.8 Å². The van der Waals surface area contributed by atoms with Crippen LogP contribution in [0.1, 0.15) is 44.7 Å². The summed E-state index contributed by atoms with van der Waals surface area (Å²) in [5, 5.41) is 0. The Hall–Kier alpha value is -3.26. The Bertz CT molecular complexity index is 1010. The van der Waals surface area contributed by atoms with Crippen molar-refractivity contribution in [2.24, 2.45) is 11.8 Å². The minimum absolute atomic E-state index is 0.112. The molecule has 2 heteroatoms. The average molecular weight is 364 g/mol. The maximum absolute atomic E-state index is 13.2. The summed E-state index contributed by atoms with van der Waals surface area (Å²) in [6.45, 7) is 0. The predicted molar refractivity (Wildman–Crippen MR) is 111 cm³/mol. The van der Waals surface area contributed by atoms with Crippen LogP contribution >= 0.6 is 0 Å². The van der Waals surface area contributed by atoms with Crippen LogP contribution in [0.15, 0.2) is 84.9 Å². The van der Waals surface area contributed by atoms with Crippen molar-refractivity contribution in [1.29, 1.82) is 0 Å². The first-order valence-corrected chi connectivity index (χ1v) is 9.74. The first-order valence-electron chi connectivity index (χ1n) is 9.74. The fraction of sp³-hybridized carbons (Fsp3) is 0.154. The molecule has 0 saturated carbocycles. The van der Waals surface area contributed by atoms with E-state index in [4.69, 9.17) is 0 Å². The van der Waals surface area contributed by atoms with E-state index in [-0.39, 0.29) is 23.4 Å². The maximum atomic E-state index is 13.2. The van der Waals surface area contributed by atoms with E-state index < -0.39 is 0 Å². The molecule has 2 aliphatic rings. The number of carbonyl (C=O) groups excluding carboxylic acids is 2. The van der Waals surface area contributed by atoms with Crippen molar-refractivity contribution >= 4 is 22.7 Å². The van der Waals surface area contributed by atoms with Gasteiger partial charge in [0.05, 0.1) is 0 Å². The van der Waals surface area contributed by atoms with Gasteiger partial charge in [-0.05, 0) is 35.1 Å². The molecule has 0 aromatic heterocycles. The van der Waals surface area contributed by atoms with Gasteiger partial charge in [0.1, 0.15) is 0 Å². The Morgan fingerprint density at radius 3 is 1.25 bits per heavy atom. The number of Topliss-reactive ketones (excluding diaryl/α,β-unsaturated/α-hetero) is 2. The molecule has 0 radical (unpaired) electrons. The Balaban J connectivity index is 1.67. The average Bonchev–Trinajstić information content (AvgIpc) is 2.78. The molecule has 0 fully saturated rings. The summed E-state index contributed by atoms with van der Waals surface area (Å²) in [7, 11) is 0. The molecule has 0 saturated heterocycles. The molecule has 3 aromatic rings. The molecule has 0 unspecified atom stereocenters. The summed E-state index contributed by atoms with van der Waals surface area (Å²) in [5.74, 6) is -0.323. The van der Waals surface area contributed by atoms with E-state index >= 15 is 0 Å². The second-order valence-electron chi connectivity index (χ2n) is 7.58. The molecule has 0 amide bonds. The van der Waals surface area contributed by atoms with E-state index in [1.54, 1.807) is 12.1 Å². The van der Waals surface area contributed by atoms with E-state index in [1.165, 1.54) is 11.1 Å². The number of fused-ring (bicyclic) bond motifs is 2. The Labute approximate surface area is 164 Å². The van der Waals surface area contributed by atoms with Gasteiger partial charge in [-0.25, -0.2) is 0 Å². The normalized spacial score (nSPS) is 21.3. The van der Waals surface area contributed by atoms with Crippen LogP contribution in [0.5, 0.6) is 0 Å². The topological polar surface area (TPSA) is 34.1 Å². The smallest absolute Gasteiger partial charge is 0.167 e. The molecule has 2 atom stereocenters. The zero-order valence-electron chi connectivity index (χ0n) is 15.5. The van der Waals surface area contributed by atoms with Crippen LogP contribution in [0.4, 0.5) is 0 Å². The summed E-state index contributed by atoms with van der Waals surface area (Å²) in [4.78, 5) is 26.5. The zero-order valence-corrected chi connectivity index (χ0v) is 15.5. The quantitative estimate of drug-likeness (QED) is 0.584. The SMILES string of the molecule is O=C1c2ccccc2C(=O)[C@H]2CC(c3ccccc3)=C(c3ccccc3)C[C@H]12. The lowest BCUT2D eigenvalue weighted by atomic mass is 9.64. The molecule has 136 valence electrons. The van der Waals surface area contributed by atoms with Gasteiger partial charge in [0.25, 0.3) is 0 Å². The van der Waals surface area contributed by atoms with Crippen molar-refractivity contribution < 1.29 is 9.59 Å². The summed E-state index contributed by atoms with van der Waals surface area (Å²) in [6, 6.07) is 27.8. The molecule has 0 heterocycles. The summed E-state index contributed by atoms with van der Waals surface area (Å²) in [6.07, 6.45) is 1.22. The minimum Gasteiger partial charge on any atom is -0.294 e. The number of carbonyl (C=O) groups is 2. The second kappa shape index (κ2) is 6.72. The summed E-state index contributed by atoms with van der Waals surface area (Å²) in [5.41, 5.74) is 5.83. The van der Waals surface area contributed by atoms with Crippen molar-refractivity contribution in [3.63, 3.8) is 0 Å². The zero-order chi connectivity index (χ0) is 19.1. The van der Waals surface area contributed by atoms with Gasteiger partial charge < -0.3 is 0 Å². The molecule has 2 nitrogen and oxygen atoms in total. The highest BCUT2D eigenvalue weighted by Gasteiger charge is 2.44. The standard InChI is InChI=1S/C26H20O2/c27-25-19-13-7-8-14-20(19)26(28)24-16-22(18-11-5-2-6-12-18)21(15-23(24)25)17-9-3-1-4-10-17/h1-14,23-24H,15-16H2/t23-,24-/m0/s1. The van der Waals surface area contributed by atoms with E-state index in [9.17, 15) is 9.59 Å². The van der Waals surface area contributed by atoms with Gasteiger partial charge in [-0.1, -0.05) is 84.9 Å². The van der Waals surface area contributed by atoms with Crippen LogP contribution in [-0.2, 0) is 0 Å². The second-order valence-corrected chi connectivity index (χ2v) is 7.58. The van der Waals surface area contributed by atoms with Gasteiger partial charge in [0.2, 0.25) is 0 Å². The number of allylic oxidation sites excluding steroid dienone is 2. The van der Waals surface area contributed by atoms with Crippen molar-refractivity contribution in [2.45, 2.75) is 12.8 Å². The summed E-state index contributed by atoms with van der Waals surface area (Å²) < 4.78 is 0. The highest BCUT2D eigenvalue weighted by atomic mass is 16.1. The van der Waals surface area contributed by atoms with Gasteiger partial charge in [-0.3, -0.25) is 9.59 Å². The number of benzene rings is 3. The van der Waals surface area contributed by atoms with Crippen molar-refractivity contribution in [3.05, 3.63) is 107 Å². The molecular formula is C26H20O2. The van der Waals surface area contributed by atoms with Gasteiger partial charge in [-0.2, -0.15) is 0 Å². The lowest BCUT2D eigenvalue weighted by molar-refractivity contribution is 0.0735. The molecular weight excluding hydrogens is 344 g/mol. The highest BCUT2D eigenvalue weighted by Crippen LogP contribution is 2.47. The van der Waals surface area contributed by atoms with Crippen LogP contribution < -0.4 is 0 Å². The Morgan fingerprint density at radius 2 is 0.857 bits per heavy atom. The van der Waals surface area contributed by atoms with Crippen LogP contribution in [-0.4, -0.2) is 11.6 Å². The van der Waals surface area contributed by atoms with Crippen LogP contribution in [0.25, 0.3) is 11.1 Å². The van der Waals surface area contributed by atoms with Gasteiger partial charge >= 0.3 is 0 Å². The molecule has 28 heavy (non-hydrogen) atoms. The van der Waals surface area contributed by atoms with E-state index in [0.29, 0.717) is 24.0 Å². The molecule has 0 bridgehead atoms. The third-order valence-corrected chi connectivity index (χ3v) is 6.07. The van der Waals surface area contributed by atoms with E-state index in [2.05, 4.69) is 24.3 Å². The number of hydrogen-bond acceptors (Lipinski definition) is 2. The molecule has 3 aromatic carbocycles. The predicted octanol–water partition coefficient (Wildman–Crippen LogP) is 5.70. The third kappa shape index (κ3) is 2.65. The van der Waals surface area contributed by atoms with Crippen molar-refractivity contribution in [2.75, 3.05) is 0 Å². The molecule has 0 aliphatic heterocycles. The number of ketones is 2. The Morgan fingerprint density at radius 1 is 0.500 bits per heavy atom. The van der Waals surface area contributed by atoms with Crippen LogP contribution in [0.3, 0.4) is 0 Å². The van der Waals surface area contributed by atoms with Gasteiger partial charge in [0, 0.05) is 23.0 Å². The molecule has 0 spiro atoms. The first-order chi connectivity index (χ1) is 13.7. The van der Waals surface area contributed by atoms with Crippen molar-refractivity contribution in [3.8, 4) is 0 Å². The Kier molecular flexibility index (Phi) is 4.05. The van der Waals surface area contributed by atoms with Gasteiger partial charge in [-0.15, -0.1) is 0 Å². The van der Waals surface area contributed by atoms with E-state index in [1.807, 2.05) is 48.5 Å². The number of hydrogen-bond donors (Lipinski definition) is 0. The maximum Gasteiger partial charge on any atom is 0.167 e. The third-order valence-electron chi connectivity index (χ3n) is 6.07. The van der Waals surface area contributed by atoms with Gasteiger partial charge in [0.15, 0.2) is 11.6 Å².